The molecule has 0 unspecified atom stereocenters. The van der Waals surface area contributed by atoms with E-state index in [4.69, 9.17) is 0 Å². The summed E-state index contributed by atoms with van der Waals surface area (Å²) in [7, 11) is 0. The van der Waals surface area contributed by atoms with Crippen LogP contribution in [0.3, 0.4) is 0 Å². The number of nitrogens with one attached hydrogen (secondary N) is 1. The number of benzene rings is 1. The lowest BCUT2D eigenvalue weighted by atomic mass is 10.2. The summed E-state index contributed by atoms with van der Waals surface area (Å²) >= 11 is 1.55. The van der Waals surface area contributed by atoms with Gasteiger partial charge in [-0.1, -0.05) is 12.1 Å². The van der Waals surface area contributed by atoms with Crippen LogP contribution in [0, 0.1) is 6.92 Å². The zero-order valence-electron chi connectivity index (χ0n) is 10.7. The fourth-order valence-corrected chi connectivity index (χ4v) is 2.64. The molecular formula is C14H11N3O2S. The molecule has 2 heterocycles. The van der Waals surface area contributed by atoms with Crippen LogP contribution in [0.4, 0.5) is 0 Å². The SMILES string of the molecule is Cc1ccc(C=Nn2c(=O)[nH]c3ccccc3c2=O)s1. The van der Waals surface area contributed by atoms with Gasteiger partial charge in [-0.15, -0.1) is 16.0 Å². The van der Waals surface area contributed by atoms with Crippen LogP contribution in [0.5, 0.6) is 0 Å². The number of para-hydroxylation sites is 1. The van der Waals surface area contributed by atoms with Crippen molar-refractivity contribution >= 4 is 28.5 Å². The average molecular weight is 285 g/mol. The third-order valence-electron chi connectivity index (χ3n) is 2.85. The van der Waals surface area contributed by atoms with Crippen LogP contribution in [0.15, 0.2) is 51.1 Å². The highest BCUT2D eigenvalue weighted by Crippen LogP contribution is 2.12. The molecule has 0 atom stereocenters. The normalized spacial score (nSPS) is 11.4. The quantitative estimate of drug-likeness (QED) is 0.731. The van der Waals surface area contributed by atoms with E-state index in [1.807, 2.05) is 19.1 Å². The molecular weight excluding hydrogens is 274 g/mol. The minimum absolute atomic E-state index is 0.422. The second-order valence-corrected chi connectivity index (χ2v) is 5.61. The minimum atomic E-state index is -0.543. The largest absolute Gasteiger partial charge is 0.349 e. The molecule has 0 spiro atoms. The Bertz CT molecular complexity index is 918. The van der Waals surface area contributed by atoms with Crippen molar-refractivity contribution in [3.63, 3.8) is 0 Å². The molecule has 3 aromatic rings. The van der Waals surface area contributed by atoms with Crippen molar-refractivity contribution in [1.82, 2.24) is 9.66 Å². The number of hydrogen-bond donors (Lipinski definition) is 1. The maximum absolute atomic E-state index is 12.2. The van der Waals surface area contributed by atoms with E-state index < -0.39 is 11.2 Å². The minimum Gasteiger partial charge on any atom is -0.305 e. The Kier molecular flexibility index (Phi) is 3.08. The lowest BCUT2D eigenvalue weighted by molar-refractivity contribution is 0.771. The summed E-state index contributed by atoms with van der Waals surface area (Å²) in [4.78, 5) is 28.8. The summed E-state index contributed by atoms with van der Waals surface area (Å²) in [5.41, 5.74) is -0.451. The highest BCUT2D eigenvalue weighted by atomic mass is 32.1. The monoisotopic (exact) mass is 285 g/mol. The Morgan fingerprint density at radius 2 is 2.00 bits per heavy atom. The van der Waals surface area contributed by atoms with Gasteiger partial charge in [0.25, 0.3) is 5.56 Å². The van der Waals surface area contributed by atoms with E-state index in [9.17, 15) is 9.59 Å². The number of nitrogens with zero attached hydrogens (tertiary/aromatic N) is 2. The molecule has 0 aliphatic rings. The van der Waals surface area contributed by atoms with Gasteiger partial charge >= 0.3 is 5.69 Å². The van der Waals surface area contributed by atoms with E-state index in [1.54, 1.807) is 35.6 Å². The molecule has 6 heteroatoms. The standard InChI is InChI=1S/C14H11N3O2S/c1-9-6-7-10(20-9)8-15-17-13(18)11-4-2-3-5-12(11)16-14(17)19/h2-8H,1H3,(H,16,19). The Labute approximate surface area is 117 Å². The second kappa shape index (κ2) is 4.90. The van der Waals surface area contributed by atoms with Gasteiger partial charge in [0.1, 0.15) is 0 Å². The average Bonchev–Trinajstić information content (AvgIpc) is 2.84. The molecule has 1 N–H and O–H groups in total. The van der Waals surface area contributed by atoms with Gasteiger partial charge in [-0.3, -0.25) is 4.79 Å². The van der Waals surface area contributed by atoms with Gasteiger partial charge in [0.2, 0.25) is 0 Å². The number of aromatic nitrogens is 2. The van der Waals surface area contributed by atoms with Crippen molar-refractivity contribution in [3.05, 3.63) is 67.0 Å². The van der Waals surface area contributed by atoms with Crippen molar-refractivity contribution in [3.8, 4) is 0 Å². The fraction of sp³-hybridized carbons (Fsp3) is 0.0714. The number of aryl methyl sites for hydroxylation is 1. The first-order valence-corrected chi connectivity index (χ1v) is 6.82. The molecule has 0 radical (unpaired) electrons. The van der Waals surface area contributed by atoms with Crippen LogP contribution in [0.2, 0.25) is 0 Å². The molecule has 20 heavy (non-hydrogen) atoms. The first-order valence-electron chi connectivity index (χ1n) is 6.00. The van der Waals surface area contributed by atoms with Crippen molar-refractivity contribution in [2.45, 2.75) is 6.92 Å². The Hall–Kier alpha value is -2.47. The number of thiophene rings is 1. The summed E-state index contributed by atoms with van der Waals surface area (Å²) in [5.74, 6) is 0. The summed E-state index contributed by atoms with van der Waals surface area (Å²) in [6, 6.07) is 10.7. The summed E-state index contributed by atoms with van der Waals surface area (Å²) < 4.78 is 0.845. The predicted octanol–water partition coefficient (Wildman–Crippen LogP) is 1.94. The highest BCUT2D eigenvalue weighted by Gasteiger charge is 2.05. The molecule has 2 aromatic heterocycles. The van der Waals surface area contributed by atoms with E-state index in [-0.39, 0.29) is 0 Å². The fourth-order valence-electron chi connectivity index (χ4n) is 1.90. The number of H-pyrrole nitrogens is 1. The molecule has 100 valence electrons. The predicted molar refractivity (Wildman–Crippen MR) is 80.9 cm³/mol. The van der Waals surface area contributed by atoms with E-state index in [1.165, 1.54) is 6.21 Å². The van der Waals surface area contributed by atoms with Crippen molar-refractivity contribution in [1.29, 1.82) is 0 Å². The molecule has 0 fully saturated rings. The van der Waals surface area contributed by atoms with Crippen molar-refractivity contribution in [2.24, 2.45) is 5.10 Å². The molecule has 1 aromatic carbocycles. The number of fused-ring (bicyclic) bond motifs is 1. The van der Waals surface area contributed by atoms with Crippen LogP contribution < -0.4 is 11.2 Å². The van der Waals surface area contributed by atoms with Gasteiger partial charge in [-0.2, -0.15) is 5.10 Å². The summed E-state index contributed by atoms with van der Waals surface area (Å²) in [5, 5.41) is 4.42. The van der Waals surface area contributed by atoms with E-state index in [2.05, 4.69) is 10.1 Å². The molecule has 0 aliphatic heterocycles. The van der Waals surface area contributed by atoms with Gasteiger partial charge in [-0.25, -0.2) is 4.79 Å². The molecule has 3 rings (SSSR count). The maximum atomic E-state index is 12.2. The third kappa shape index (κ3) is 2.21. The lowest BCUT2D eigenvalue weighted by Crippen LogP contribution is -2.32. The van der Waals surface area contributed by atoms with Gasteiger partial charge < -0.3 is 4.98 Å². The molecule has 0 saturated carbocycles. The highest BCUT2D eigenvalue weighted by molar-refractivity contribution is 7.13. The Balaban J connectivity index is 2.14. The maximum Gasteiger partial charge on any atom is 0.349 e. The summed E-state index contributed by atoms with van der Waals surface area (Å²) in [6.45, 7) is 1.98. The lowest BCUT2D eigenvalue weighted by Gasteiger charge is -1.99. The van der Waals surface area contributed by atoms with Crippen LogP contribution in [0.25, 0.3) is 10.9 Å². The molecule has 0 bridgehead atoms. The number of hydrogen-bond acceptors (Lipinski definition) is 4. The van der Waals surface area contributed by atoms with Gasteiger partial charge in [-0.05, 0) is 31.2 Å². The van der Waals surface area contributed by atoms with Crippen molar-refractivity contribution < 1.29 is 0 Å². The zero-order chi connectivity index (χ0) is 14.1. The second-order valence-electron chi connectivity index (χ2n) is 4.29. The van der Waals surface area contributed by atoms with Gasteiger partial charge in [0.05, 0.1) is 17.1 Å². The van der Waals surface area contributed by atoms with Crippen LogP contribution in [-0.4, -0.2) is 15.9 Å². The van der Waals surface area contributed by atoms with E-state index >= 15 is 0 Å². The van der Waals surface area contributed by atoms with Gasteiger partial charge in [0, 0.05) is 9.75 Å². The molecule has 0 amide bonds. The molecule has 5 nitrogen and oxygen atoms in total. The molecule has 0 saturated heterocycles. The van der Waals surface area contributed by atoms with E-state index in [0.29, 0.717) is 10.9 Å². The smallest absolute Gasteiger partial charge is 0.305 e. The first kappa shape index (κ1) is 12.6. The number of aromatic amines is 1. The topological polar surface area (TPSA) is 67.2 Å². The number of rotatable bonds is 2. The van der Waals surface area contributed by atoms with Gasteiger partial charge in [0.15, 0.2) is 0 Å². The third-order valence-corrected chi connectivity index (χ3v) is 3.78. The summed E-state index contributed by atoms with van der Waals surface area (Å²) in [6.07, 6.45) is 1.52. The Morgan fingerprint density at radius 1 is 1.20 bits per heavy atom. The van der Waals surface area contributed by atoms with Crippen LogP contribution in [0.1, 0.15) is 9.75 Å². The first-order chi connectivity index (χ1) is 9.65. The zero-order valence-corrected chi connectivity index (χ0v) is 11.5. The van der Waals surface area contributed by atoms with Crippen LogP contribution in [-0.2, 0) is 0 Å². The van der Waals surface area contributed by atoms with E-state index in [0.717, 1.165) is 14.4 Å². The molecule has 0 aliphatic carbocycles. The van der Waals surface area contributed by atoms with Crippen LogP contribution >= 0.6 is 11.3 Å². The Morgan fingerprint density at radius 3 is 2.75 bits per heavy atom. The van der Waals surface area contributed by atoms with Crippen molar-refractivity contribution in [2.75, 3.05) is 0 Å².